The lowest BCUT2D eigenvalue weighted by Gasteiger charge is -2.12. The van der Waals surface area contributed by atoms with Crippen molar-refractivity contribution in [2.75, 3.05) is 7.11 Å². The van der Waals surface area contributed by atoms with Crippen LogP contribution in [0.4, 0.5) is 22.0 Å². The average Bonchev–Trinajstić information content (AvgIpc) is 2.56. The van der Waals surface area contributed by atoms with Gasteiger partial charge in [0.05, 0.1) is 18.4 Å². The van der Waals surface area contributed by atoms with Crippen molar-refractivity contribution < 1.29 is 44.1 Å². The van der Waals surface area contributed by atoms with Gasteiger partial charge < -0.3 is 8.92 Å². The second-order valence-electron chi connectivity index (χ2n) is 4.62. The Kier molecular flexibility index (Phi) is 5.16. The molecule has 2 aromatic rings. The van der Waals surface area contributed by atoms with Crippen LogP contribution in [-0.2, 0) is 14.9 Å². The number of alkyl halides is 3. The summed E-state index contributed by atoms with van der Waals surface area (Å²) in [5.74, 6) is -5.33. The van der Waals surface area contributed by atoms with Gasteiger partial charge in [-0.2, -0.15) is 21.6 Å². The highest BCUT2D eigenvalue weighted by atomic mass is 32.2. The predicted molar refractivity (Wildman–Crippen MR) is 76.5 cm³/mol. The number of carbonyl (C=O) groups is 1. The molecule has 2 rings (SSSR count). The normalized spacial score (nSPS) is 11.9. The van der Waals surface area contributed by atoms with Crippen LogP contribution < -0.4 is 4.18 Å². The number of ether oxygens (including phenoxy) is 1. The number of nitrogens with zero attached hydrogens (tertiary/aromatic N) is 1. The van der Waals surface area contributed by atoms with E-state index in [1.807, 2.05) is 0 Å². The Morgan fingerprint density at radius 2 is 1.77 bits per heavy atom. The molecule has 0 unspecified atom stereocenters. The number of benzene rings is 1. The second kappa shape index (κ2) is 6.86. The zero-order chi connectivity index (χ0) is 19.7. The molecule has 0 N–H and O–H groups in total. The molecule has 0 aliphatic carbocycles. The number of hydrogen-bond donors (Lipinski definition) is 0. The number of rotatable bonds is 4. The van der Waals surface area contributed by atoms with Gasteiger partial charge in [0.1, 0.15) is 11.5 Å². The van der Waals surface area contributed by atoms with E-state index in [1.54, 1.807) is 0 Å². The smallest absolute Gasteiger partial charge is 0.464 e. The quantitative estimate of drug-likeness (QED) is 0.341. The summed E-state index contributed by atoms with van der Waals surface area (Å²) >= 11 is 0. The molecule has 0 saturated heterocycles. The Morgan fingerprint density at radius 3 is 2.35 bits per heavy atom. The lowest BCUT2D eigenvalue weighted by atomic mass is 10.1. The first-order chi connectivity index (χ1) is 12.0. The van der Waals surface area contributed by atoms with E-state index in [9.17, 15) is 35.2 Å². The lowest BCUT2D eigenvalue weighted by molar-refractivity contribution is -0.0500. The first-order valence-electron chi connectivity index (χ1n) is 6.52. The SMILES string of the molecule is COC(=O)c1cccc(-c2c(F)ccc(OS(=O)(=O)C(F)(F)F)c2F)n1. The van der Waals surface area contributed by atoms with E-state index in [0.717, 1.165) is 13.2 Å². The molecule has 0 spiro atoms. The summed E-state index contributed by atoms with van der Waals surface area (Å²) in [5.41, 5.74) is -7.61. The van der Waals surface area contributed by atoms with Crippen molar-refractivity contribution in [1.82, 2.24) is 4.98 Å². The molecule has 0 bridgehead atoms. The summed E-state index contributed by atoms with van der Waals surface area (Å²) in [6.45, 7) is 0. The number of hydrogen-bond acceptors (Lipinski definition) is 6. The van der Waals surface area contributed by atoms with Crippen LogP contribution in [0.25, 0.3) is 11.3 Å². The lowest BCUT2D eigenvalue weighted by Crippen LogP contribution is -2.28. The molecule has 6 nitrogen and oxygen atoms in total. The third-order valence-corrected chi connectivity index (χ3v) is 3.90. The maximum Gasteiger partial charge on any atom is 0.534 e. The fourth-order valence-electron chi connectivity index (χ4n) is 1.79. The summed E-state index contributed by atoms with van der Waals surface area (Å²) in [5, 5.41) is 0. The van der Waals surface area contributed by atoms with E-state index >= 15 is 0 Å². The standard InChI is InChI=1S/C14H8F5NO5S/c1-24-13(21)9-4-2-3-8(20-9)11-7(15)5-6-10(12(11)16)25-26(22,23)14(17,18)19/h2-6H,1H3. The number of methoxy groups -OCH3 is 1. The van der Waals surface area contributed by atoms with E-state index in [-0.39, 0.29) is 5.69 Å². The van der Waals surface area contributed by atoms with Crippen molar-refractivity contribution >= 4 is 16.1 Å². The Labute approximate surface area is 143 Å². The maximum absolute atomic E-state index is 14.4. The molecule has 1 aromatic heterocycles. The molecular formula is C14H8F5NO5S. The number of carbonyl (C=O) groups excluding carboxylic acids is 1. The fraction of sp³-hybridized carbons (Fsp3) is 0.143. The van der Waals surface area contributed by atoms with Crippen molar-refractivity contribution in [3.63, 3.8) is 0 Å². The Hall–Kier alpha value is -2.76. The zero-order valence-corrected chi connectivity index (χ0v) is 13.5. The largest absolute Gasteiger partial charge is 0.534 e. The first kappa shape index (κ1) is 19.6. The number of pyridine rings is 1. The van der Waals surface area contributed by atoms with Gasteiger partial charge in [-0.25, -0.2) is 18.6 Å². The second-order valence-corrected chi connectivity index (χ2v) is 6.16. The average molecular weight is 397 g/mol. The molecule has 0 saturated carbocycles. The minimum Gasteiger partial charge on any atom is -0.464 e. The predicted octanol–water partition coefficient (Wildman–Crippen LogP) is 3.04. The van der Waals surface area contributed by atoms with Crippen LogP contribution in [0.1, 0.15) is 10.5 Å². The number of halogens is 5. The van der Waals surface area contributed by atoms with Gasteiger partial charge in [-0.05, 0) is 24.3 Å². The summed E-state index contributed by atoms with van der Waals surface area (Å²) in [7, 11) is -5.13. The highest BCUT2D eigenvalue weighted by Gasteiger charge is 2.49. The van der Waals surface area contributed by atoms with Gasteiger partial charge in [0, 0.05) is 0 Å². The van der Waals surface area contributed by atoms with Crippen molar-refractivity contribution in [2.45, 2.75) is 5.51 Å². The van der Waals surface area contributed by atoms with Gasteiger partial charge in [0.15, 0.2) is 11.6 Å². The molecule has 0 aliphatic rings. The van der Waals surface area contributed by atoms with Gasteiger partial charge in [-0.15, -0.1) is 0 Å². The van der Waals surface area contributed by atoms with Crippen molar-refractivity contribution in [1.29, 1.82) is 0 Å². The summed E-state index contributed by atoms with van der Waals surface area (Å²) < 4.78 is 95.6. The molecule has 0 fully saturated rings. The maximum atomic E-state index is 14.4. The molecular weight excluding hydrogens is 389 g/mol. The first-order valence-corrected chi connectivity index (χ1v) is 7.93. The zero-order valence-electron chi connectivity index (χ0n) is 12.7. The Bertz CT molecular complexity index is 959. The van der Waals surface area contributed by atoms with E-state index in [4.69, 9.17) is 0 Å². The van der Waals surface area contributed by atoms with Gasteiger partial charge in [0.2, 0.25) is 0 Å². The summed E-state index contributed by atoms with van der Waals surface area (Å²) in [6, 6.07) is 4.27. The number of esters is 1. The van der Waals surface area contributed by atoms with Gasteiger partial charge >= 0.3 is 21.6 Å². The molecule has 1 aromatic carbocycles. The van der Waals surface area contributed by atoms with Gasteiger partial charge in [-0.3, -0.25) is 0 Å². The number of aromatic nitrogens is 1. The Balaban J connectivity index is 2.57. The van der Waals surface area contributed by atoms with E-state index in [0.29, 0.717) is 12.1 Å². The van der Waals surface area contributed by atoms with E-state index < -0.39 is 50.2 Å². The van der Waals surface area contributed by atoms with Gasteiger partial charge in [-0.1, -0.05) is 6.07 Å². The highest BCUT2D eigenvalue weighted by Crippen LogP contribution is 2.34. The molecule has 12 heteroatoms. The summed E-state index contributed by atoms with van der Waals surface area (Å²) in [4.78, 5) is 15.1. The molecule has 1 heterocycles. The molecule has 0 atom stereocenters. The van der Waals surface area contributed by atoms with Crippen LogP contribution in [0.3, 0.4) is 0 Å². The topological polar surface area (TPSA) is 82.6 Å². The monoisotopic (exact) mass is 397 g/mol. The van der Waals surface area contributed by atoms with Crippen LogP contribution in [0.15, 0.2) is 30.3 Å². The fourth-order valence-corrected chi connectivity index (χ4v) is 2.25. The third-order valence-electron chi connectivity index (χ3n) is 2.94. The van der Waals surface area contributed by atoms with Gasteiger partial charge in [0.25, 0.3) is 0 Å². The van der Waals surface area contributed by atoms with E-state index in [2.05, 4.69) is 13.9 Å². The van der Waals surface area contributed by atoms with Crippen LogP contribution in [0.5, 0.6) is 5.75 Å². The van der Waals surface area contributed by atoms with Crippen LogP contribution in [0.2, 0.25) is 0 Å². The third kappa shape index (κ3) is 3.74. The van der Waals surface area contributed by atoms with Crippen LogP contribution in [-0.4, -0.2) is 32.0 Å². The van der Waals surface area contributed by atoms with E-state index in [1.165, 1.54) is 12.1 Å². The van der Waals surface area contributed by atoms with Crippen molar-refractivity contribution in [2.24, 2.45) is 0 Å². The van der Waals surface area contributed by atoms with Crippen LogP contribution >= 0.6 is 0 Å². The Morgan fingerprint density at radius 1 is 1.12 bits per heavy atom. The molecule has 0 amide bonds. The summed E-state index contributed by atoms with van der Waals surface area (Å²) in [6.07, 6.45) is 0. The highest BCUT2D eigenvalue weighted by molar-refractivity contribution is 7.88. The molecule has 26 heavy (non-hydrogen) atoms. The minimum atomic E-state index is -6.17. The molecule has 140 valence electrons. The molecule has 0 aliphatic heterocycles. The van der Waals surface area contributed by atoms with Crippen LogP contribution in [0, 0.1) is 11.6 Å². The van der Waals surface area contributed by atoms with Crippen molar-refractivity contribution in [3.05, 3.63) is 47.7 Å². The minimum absolute atomic E-state index is 0.335. The molecule has 0 radical (unpaired) electrons. The van der Waals surface area contributed by atoms with Crippen molar-refractivity contribution in [3.8, 4) is 17.0 Å².